The number of nitrogens with zero attached hydrogens (tertiary/aromatic N) is 1. The van der Waals surface area contributed by atoms with Crippen LogP contribution in [-0.4, -0.2) is 20.4 Å². The first-order valence-corrected chi connectivity index (χ1v) is 6.23. The third-order valence-electron chi connectivity index (χ3n) is 2.69. The number of benzene rings is 2. The Labute approximate surface area is 121 Å². The van der Waals surface area contributed by atoms with Crippen molar-refractivity contribution in [1.29, 1.82) is 0 Å². The molecule has 0 aliphatic rings. The van der Waals surface area contributed by atoms with E-state index in [1.54, 1.807) is 32.6 Å². The van der Waals surface area contributed by atoms with E-state index in [1.807, 2.05) is 12.1 Å². The Morgan fingerprint density at radius 1 is 1.15 bits per heavy atom. The molecule has 0 heterocycles. The van der Waals surface area contributed by atoms with E-state index in [4.69, 9.17) is 21.1 Å². The third kappa shape index (κ3) is 3.08. The summed E-state index contributed by atoms with van der Waals surface area (Å²) in [5.74, 6) is 0.741. The molecular formula is C15H13ClFNO2. The van der Waals surface area contributed by atoms with Crippen LogP contribution in [0.2, 0.25) is 5.02 Å². The molecule has 0 aliphatic carbocycles. The second-order valence-electron chi connectivity index (χ2n) is 3.94. The standard InChI is InChI=1S/C15H13ClFNO2/c1-19-14-5-3-4-10(15(14)20-2)9-18-11-6-7-13(17)12(16)8-11/h3-9H,1-2H3. The Kier molecular flexibility index (Phi) is 4.58. The molecule has 0 amide bonds. The Morgan fingerprint density at radius 2 is 1.95 bits per heavy atom. The first-order valence-electron chi connectivity index (χ1n) is 5.86. The van der Waals surface area contributed by atoms with E-state index >= 15 is 0 Å². The quantitative estimate of drug-likeness (QED) is 0.789. The molecule has 0 radical (unpaired) electrons. The van der Waals surface area contributed by atoms with Gasteiger partial charge in [0, 0.05) is 11.8 Å². The summed E-state index contributed by atoms with van der Waals surface area (Å²) in [4.78, 5) is 4.25. The zero-order chi connectivity index (χ0) is 14.5. The van der Waals surface area contributed by atoms with E-state index in [9.17, 15) is 4.39 Å². The molecule has 0 aliphatic heterocycles. The first kappa shape index (κ1) is 14.3. The van der Waals surface area contributed by atoms with Crippen molar-refractivity contribution in [3.05, 3.63) is 52.8 Å². The first-order chi connectivity index (χ1) is 9.65. The van der Waals surface area contributed by atoms with Crippen LogP contribution in [0.4, 0.5) is 10.1 Å². The van der Waals surface area contributed by atoms with Gasteiger partial charge in [0.05, 0.1) is 24.9 Å². The van der Waals surface area contributed by atoms with Crippen LogP contribution in [0.5, 0.6) is 11.5 Å². The number of para-hydroxylation sites is 1. The molecule has 0 saturated heterocycles. The molecular weight excluding hydrogens is 281 g/mol. The maximum Gasteiger partial charge on any atom is 0.169 e. The highest BCUT2D eigenvalue weighted by Crippen LogP contribution is 2.30. The fourth-order valence-corrected chi connectivity index (χ4v) is 1.90. The van der Waals surface area contributed by atoms with Gasteiger partial charge in [0.2, 0.25) is 0 Å². The topological polar surface area (TPSA) is 30.8 Å². The minimum atomic E-state index is -0.468. The van der Waals surface area contributed by atoms with Crippen LogP contribution in [0.15, 0.2) is 41.4 Å². The molecule has 2 aromatic rings. The monoisotopic (exact) mass is 293 g/mol. The lowest BCUT2D eigenvalue weighted by Crippen LogP contribution is -1.94. The van der Waals surface area contributed by atoms with E-state index in [2.05, 4.69) is 4.99 Å². The van der Waals surface area contributed by atoms with Crippen molar-refractivity contribution >= 4 is 23.5 Å². The normalized spacial score (nSPS) is 10.8. The van der Waals surface area contributed by atoms with Gasteiger partial charge in [-0.1, -0.05) is 17.7 Å². The molecule has 0 unspecified atom stereocenters. The molecule has 0 aromatic heterocycles. The zero-order valence-electron chi connectivity index (χ0n) is 11.1. The van der Waals surface area contributed by atoms with Crippen molar-refractivity contribution in [2.24, 2.45) is 4.99 Å². The molecule has 20 heavy (non-hydrogen) atoms. The van der Waals surface area contributed by atoms with Crippen molar-refractivity contribution < 1.29 is 13.9 Å². The van der Waals surface area contributed by atoms with Gasteiger partial charge in [-0.05, 0) is 30.3 Å². The van der Waals surface area contributed by atoms with E-state index in [1.165, 1.54) is 12.1 Å². The largest absolute Gasteiger partial charge is 0.493 e. The van der Waals surface area contributed by atoms with Crippen molar-refractivity contribution in [2.45, 2.75) is 0 Å². The lowest BCUT2D eigenvalue weighted by Gasteiger charge is -2.09. The second kappa shape index (κ2) is 6.39. The number of rotatable bonds is 4. The van der Waals surface area contributed by atoms with Gasteiger partial charge in [-0.15, -0.1) is 0 Å². The van der Waals surface area contributed by atoms with Crippen molar-refractivity contribution in [3.8, 4) is 11.5 Å². The molecule has 2 rings (SSSR count). The van der Waals surface area contributed by atoms with Gasteiger partial charge in [-0.25, -0.2) is 4.39 Å². The Hall–Kier alpha value is -2.07. The summed E-state index contributed by atoms with van der Waals surface area (Å²) in [6, 6.07) is 9.75. The zero-order valence-corrected chi connectivity index (χ0v) is 11.8. The molecule has 5 heteroatoms. The SMILES string of the molecule is COc1cccc(C=Nc2ccc(F)c(Cl)c2)c1OC. The number of aliphatic imine (C=N–C) groups is 1. The van der Waals surface area contributed by atoms with Gasteiger partial charge in [0.1, 0.15) is 5.82 Å². The smallest absolute Gasteiger partial charge is 0.169 e. The van der Waals surface area contributed by atoms with Crippen LogP contribution in [0.3, 0.4) is 0 Å². The number of halogens is 2. The summed E-state index contributed by atoms with van der Waals surface area (Å²) in [6.45, 7) is 0. The maximum absolute atomic E-state index is 13.1. The molecule has 0 spiro atoms. The minimum absolute atomic E-state index is 0.0391. The van der Waals surface area contributed by atoms with Crippen LogP contribution in [0.25, 0.3) is 0 Å². The van der Waals surface area contributed by atoms with Gasteiger partial charge in [0.25, 0.3) is 0 Å². The van der Waals surface area contributed by atoms with E-state index in [-0.39, 0.29) is 5.02 Å². The molecule has 0 atom stereocenters. The van der Waals surface area contributed by atoms with Crippen LogP contribution >= 0.6 is 11.6 Å². The lowest BCUT2D eigenvalue weighted by molar-refractivity contribution is 0.354. The van der Waals surface area contributed by atoms with Crippen molar-refractivity contribution in [2.75, 3.05) is 14.2 Å². The highest BCUT2D eigenvalue weighted by molar-refractivity contribution is 6.31. The lowest BCUT2D eigenvalue weighted by atomic mass is 10.2. The minimum Gasteiger partial charge on any atom is -0.493 e. The molecule has 0 fully saturated rings. The van der Waals surface area contributed by atoms with E-state index in [0.29, 0.717) is 17.2 Å². The molecule has 0 bridgehead atoms. The molecule has 3 nitrogen and oxygen atoms in total. The fourth-order valence-electron chi connectivity index (χ4n) is 1.72. The highest BCUT2D eigenvalue weighted by atomic mass is 35.5. The summed E-state index contributed by atoms with van der Waals surface area (Å²) in [5.41, 5.74) is 1.31. The highest BCUT2D eigenvalue weighted by Gasteiger charge is 2.07. The number of hydrogen-bond donors (Lipinski definition) is 0. The van der Waals surface area contributed by atoms with Crippen LogP contribution in [0.1, 0.15) is 5.56 Å². The summed E-state index contributed by atoms with van der Waals surface area (Å²) >= 11 is 5.71. The van der Waals surface area contributed by atoms with E-state index < -0.39 is 5.82 Å². The summed E-state index contributed by atoms with van der Waals surface area (Å²) in [7, 11) is 3.13. The number of ether oxygens (including phenoxy) is 2. The van der Waals surface area contributed by atoms with E-state index in [0.717, 1.165) is 5.56 Å². The predicted octanol–water partition coefficient (Wildman–Crippen LogP) is 4.25. The van der Waals surface area contributed by atoms with Gasteiger partial charge in [-0.2, -0.15) is 0 Å². The summed E-state index contributed by atoms with van der Waals surface area (Å²) in [6.07, 6.45) is 1.62. The van der Waals surface area contributed by atoms with Crippen molar-refractivity contribution in [1.82, 2.24) is 0 Å². The summed E-state index contributed by atoms with van der Waals surface area (Å²) in [5, 5.41) is 0.0391. The van der Waals surface area contributed by atoms with Gasteiger partial charge >= 0.3 is 0 Å². The second-order valence-corrected chi connectivity index (χ2v) is 4.35. The molecule has 2 aromatic carbocycles. The van der Waals surface area contributed by atoms with Crippen LogP contribution < -0.4 is 9.47 Å². The number of methoxy groups -OCH3 is 2. The van der Waals surface area contributed by atoms with Gasteiger partial charge in [0.15, 0.2) is 11.5 Å². The van der Waals surface area contributed by atoms with Crippen LogP contribution in [-0.2, 0) is 0 Å². The Bertz CT molecular complexity index is 644. The van der Waals surface area contributed by atoms with Gasteiger partial charge in [-0.3, -0.25) is 4.99 Å². The maximum atomic E-state index is 13.1. The van der Waals surface area contributed by atoms with Gasteiger partial charge < -0.3 is 9.47 Å². The third-order valence-corrected chi connectivity index (χ3v) is 2.98. The molecule has 104 valence electrons. The average molecular weight is 294 g/mol. The van der Waals surface area contributed by atoms with Crippen LogP contribution in [0, 0.1) is 5.82 Å². The average Bonchev–Trinajstić information content (AvgIpc) is 2.47. The Balaban J connectivity index is 2.33. The molecule has 0 N–H and O–H groups in total. The summed E-state index contributed by atoms with van der Waals surface area (Å²) < 4.78 is 23.6. The number of hydrogen-bond acceptors (Lipinski definition) is 3. The Morgan fingerprint density at radius 3 is 2.60 bits per heavy atom. The molecule has 0 saturated carbocycles. The predicted molar refractivity (Wildman–Crippen MR) is 78.2 cm³/mol. The van der Waals surface area contributed by atoms with Crippen molar-refractivity contribution in [3.63, 3.8) is 0 Å². The fraction of sp³-hybridized carbons (Fsp3) is 0.133.